The highest BCUT2D eigenvalue weighted by Crippen LogP contribution is 2.31. The van der Waals surface area contributed by atoms with Gasteiger partial charge in [0.25, 0.3) is 0 Å². The monoisotopic (exact) mass is 525 g/mol. The predicted molar refractivity (Wildman–Crippen MR) is 124 cm³/mol. The number of hydrogen-bond donors (Lipinski definition) is 6. The quantitative estimate of drug-likeness (QED) is 0.234. The van der Waals surface area contributed by atoms with Crippen molar-refractivity contribution in [2.45, 2.75) is 82.1 Å². The Labute approximate surface area is 211 Å². The van der Waals surface area contributed by atoms with Crippen molar-refractivity contribution >= 4 is 16.9 Å². The Morgan fingerprint density at radius 3 is 2.43 bits per heavy atom. The molecule has 1 aromatic carbocycles. The number of fused-ring (bicyclic) bond motifs is 1. The molecule has 0 aliphatic carbocycles. The summed E-state index contributed by atoms with van der Waals surface area (Å²) >= 11 is 0. The van der Waals surface area contributed by atoms with Crippen LogP contribution in [0, 0.1) is 6.92 Å². The molecule has 6 N–H and O–H groups in total. The Morgan fingerprint density at radius 2 is 1.76 bits per heavy atom. The van der Waals surface area contributed by atoms with Crippen LogP contribution in [0.2, 0.25) is 0 Å². The third-order valence-electron chi connectivity index (χ3n) is 6.50. The van der Waals surface area contributed by atoms with Gasteiger partial charge < -0.3 is 54.2 Å². The van der Waals surface area contributed by atoms with Gasteiger partial charge in [0, 0.05) is 24.4 Å². The number of aliphatic hydroxyl groups excluding tert-OH is 5. The smallest absolute Gasteiger partial charge is 0.336 e. The number of benzene rings is 1. The molecule has 0 saturated carbocycles. The lowest BCUT2D eigenvalue weighted by Crippen LogP contribution is -2.68. The van der Waals surface area contributed by atoms with Crippen LogP contribution in [0.3, 0.4) is 0 Å². The lowest BCUT2D eigenvalue weighted by molar-refractivity contribution is -0.335. The van der Waals surface area contributed by atoms with Crippen LogP contribution in [0.1, 0.15) is 19.4 Å². The summed E-state index contributed by atoms with van der Waals surface area (Å²) in [5.74, 6) is -0.339. The van der Waals surface area contributed by atoms with Crippen LogP contribution in [-0.4, -0.2) is 99.4 Å². The Bertz CT molecular complexity index is 1170. The molecule has 2 aliphatic heterocycles. The molecule has 0 radical (unpaired) electrons. The minimum Gasteiger partial charge on any atom is -0.462 e. The van der Waals surface area contributed by atoms with Crippen molar-refractivity contribution in [2.24, 2.45) is 0 Å². The van der Waals surface area contributed by atoms with Gasteiger partial charge in [0.2, 0.25) is 12.2 Å². The van der Waals surface area contributed by atoms with Crippen molar-refractivity contribution in [1.29, 1.82) is 0 Å². The molecular weight excluding hydrogens is 494 g/mol. The Hall–Kier alpha value is -2.62. The van der Waals surface area contributed by atoms with E-state index < -0.39 is 79.5 Å². The van der Waals surface area contributed by atoms with Gasteiger partial charge in [-0.25, -0.2) is 4.79 Å². The Kier molecular flexibility index (Phi) is 8.16. The van der Waals surface area contributed by atoms with E-state index in [2.05, 4.69) is 5.32 Å². The second kappa shape index (κ2) is 11.0. The summed E-state index contributed by atoms with van der Waals surface area (Å²) in [4.78, 5) is 23.9. The number of carbonyl (C=O) groups is 1. The van der Waals surface area contributed by atoms with Crippen molar-refractivity contribution < 1.29 is 53.7 Å². The van der Waals surface area contributed by atoms with Gasteiger partial charge in [0.15, 0.2) is 6.29 Å². The van der Waals surface area contributed by atoms with E-state index in [0.29, 0.717) is 10.9 Å². The number of nitrogens with one attached hydrogen (secondary N) is 1. The summed E-state index contributed by atoms with van der Waals surface area (Å²) in [6.07, 6.45) is -12.5. The summed E-state index contributed by atoms with van der Waals surface area (Å²) in [5.41, 5.74) is 0.408. The molecule has 204 valence electrons. The molecule has 13 heteroatoms. The van der Waals surface area contributed by atoms with E-state index in [1.807, 2.05) is 0 Å². The van der Waals surface area contributed by atoms with Crippen molar-refractivity contribution in [3.8, 4) is 5.75 Å². The molecule has 2 aromatic rings. The van der Waals surface area contributed by atoms with E-state index in [-0.39, 0.29) is 11.3 Å². The number of carbonyl (C=O) groups excluding carboxylic acids is 1. The first kappa shape index (κ1) is 27.4. The molecular formula is C24H31NO12. The molecule has 37 heavy (non-hydrogen) atoms. The van der Waals surface area contributed by atoms with Crippen LogP contribution in [0.25, 0.3) is 11.0 Å². The third kappa shape index (κ3) is 5.63. The summed E-state index contributed by atoms with van der Waals surface area (Å²) in [6, 6.07) is 4.89. The Balaban J connectivity index is 1.65. The summed E-state index contributed by atoms with van der Waals surface area (Å²) in [5, 5.41) is 54.5. The molecule has 0 spiro atoms. The molecule has 2 unspecified atom stereocenters. The number of amides is 1. The highest BCUT2D eigenvalue weighted by atomic mass is 16.7. The average Bonchev–Trinajstić information content (AvgIpc) is 2.84. The number of rotatable bonds is 6. The zero-order chi connectivity index (χ0) is 27.0. The maximum atomic E-state index is 12.1. The van der Waals surface area contributed by atoms with Gasteiger partial charge in [-0.3, -0.25) is 4.79 Å². The topological polar surface area (TPSA) is 197 Å². The van der Waals surface area contributed by atoms with Gasteiger partial charge >= 0.3 is 5.63 Å². The summed E-state index contributed by atoms with van der Waals surface area (Å²) in [7, 11) is 0. The lowest BCUT2D eigenvalue weighted by Gasteiger charge is -2.47. The first-order valence-electron chi connectivity index (χ1n) is 11.8. The molecule has 2 fully saturated rings. The van der Waals surface area contributed by atoms with E-state index in [4.69, 9.17) is 23.4 Å². The largest absolute Gasteiger partial charge is 0.462 e. The maximum Gasteiger partial charge on any atom is 0.336 e. The second-order valence-electron chi connectivity index (χ2n) is 9.25. The molecule has 13 nitrogen and oxygen atoms in total. The highest BCUT2D eigenvalue weighted by molar-refractivity contribution is 5.81. The minimum absolute atomic E-state index is 0.189. The van der Waals surface area contributed by atoms with Gasteiger partial charge in [-0.1, -0.05) is 0 Å². The minimum atomic E-state index is -1.68. The van der Waals surface area contributed by atoms with E-state index in [9.17, 15) is 35.1 Å². The van der Waals surface area contributed by atoms with E-state index >= 15 is 0 Å². The van der Waals surface area contributed by atoms with Crippen molar-refractivity contribution in [1.82, 2.24) is 5.32 Å². The lowest BCUT2D eigenvalue weighted by atomic mass is 9.95. The van der Waals surface area contributed by atoms with Gasteiger partial charge in [0.1, 0.15) is 54.0 Å². The fraction of sp³-hybridized carbons (Fsp3) is 0.583. The maximum absolute atomic E-state index is 12.1. The Morgan fingerprint density at radius 1 is 1.03 bits per heavy atom. The van der Waals surface area contributed by atoms with Gasteiger partial charge in [-0.15, -0.1) is 0 Å². The van der Waals surface area contributed by atoms with E-state index in [0.717, 1.165) is 0 Å². The average molecular weight is 526 g/mol. The zero-order valence-corrected chi connectivity index (χ0v) is 20.4. The van der Waals surface area contributed by atoms with Crippen LogP contribution >= 0.6 is 0 Å². The van der Waals surface area contributed by atoms with Gasteiger partial charge in [0.05, 0.1) is 12.7 Å². The molecule has 10 atom stereocenters. The van der Waals surface area contributed by atoms with Gasteiger partial charge in [-0.05, 0) is 31.5 Å². The van der Waals surface area contributed by atoms with Crippen LogP contribution in [-0.2, 0) is 19.0 Å². The molecule has 3 heterocycles. The third-order valence-corrected chi connectivity index (χ3v) is 6.50. The van der Waals surface area contributed by atoms with Crippen molar-refractivity contribution in [3.05, 3.63) is 40.2 Å². The van der Waals surface area contributed by atoms with Gasteiger partial charge in [-0.2, -0.15) is 0 Å². The first-order chi connectivity index (χ1) is 17.5. The summed E-state index contributed by atoms with van der Waals surface area (Å²) in [6.45, 7) is 3.79. The fourth-order valence-corrected chi connectivity index (χ4v) is 4.51. The molecule has 0 bridgehead atoms. The molecule has 1 amide bonds. The van der Waals surface area contributed by atoms with Crippen LogP contribution < -0.4 is 15.7 Å². The second-order valence-corrected chi connectivity index (χ2v) is 9.25. The molecule has 1 aromatic heterocycles. The standard InChI is InChI=1S/C24H31NO12/c1-9-6-16(28)35-14-7-12(4-5-13(9)14)34-23-17(25-11(3)27)22(19(30)15(8-26)36-23)37-24-21(32)20(31)18(29)10(2)33-24/h4-7,10,15,17-24,26,29-32H,8H2,1-3H3,(H,25,27)/t10-,15?,17-,18+,19-,20-,21+,22+,23+,24?/m0/s1. The normalized spacial score (nSPS) is 36.3. The number of ether oxygens (including phenoxy) is 4. The van der Waals surface area contributed by atoms with Crippen molar-refractivity contribution in [2.75, 3.05) is 6.61 Å². The molecule has 4 rings (SSSR count). The SMILES string of the molecule is CC(=O)N[C@@H]1[C@H](Oc2ccc3c(C)cc(=O)oc3c2)OC(CO)[C@H](O)[C@@H]1OC1O[C@@H](C)[C@@H](O)[C@H](O)[C@H]1O. The van der Waals surface area contributed by atoms with E-state index in [1.165, 1.54) is 26.0 Å². The first-order valence-corrected chi connectivity index (χ1v) is 11.8. The number of aliphatic hydroxyl groups is 5. The van der Waals surface area contributed by atoms with Crippen LogP contribution in [0.15, 0.2) is 33.5 Å². The predicted octanol–water partition coefficient (Wildman–Crippen LogP) is -1.72. The zero-order valence-electron chi connectivity index (χ0n) is 20.4. The van der Waals surface area contributed by atoms with E-state index in [1.54, 1.807) is 19.1 Å². The number of hydrogen-bond acceptors (Lipinski definition) is 12. The highest BCUT2D eigenvalue weighted by Gasteiger charge is 2.51. The summed E-state index contributed by atoms with van der Waals surface area (Å²) < 4.78 is 28.2. The number of aryl methyl sites for hydroxylation is 1. The fourth-order valence-electron chi connectivity index (χ4n) is 4.51. The van der Waals surface area contributed by atoms with Crippen molar-refractivity contribution in [3.63, 3.8) is 0 Å². The molecule has 2 aliphatic rings. The van der Waals surface area contributed by atoms with Crippen LogP contribution in [0.4, 0.5) is 0 Å². The molecule has 2 saturated heterocycles. The van der Waals surface area contributed by atoms with Crippen LogP contribution in [0.5, 0.6) is 5.75 Å².